The maximum atomic E-state index is 12.0. The number of nitrogens with zero attached hydrogens (tertiary/aromatic N) is 2. The molecule has 6 heteroatoms. The molecule has 0 fully saturated rings. The van der Waals surface area contributed by atoms with E-state index in [1.54, 1.807) is 20.8 Å². The van der Waals surface area contributed by atoms with E-state index in [0.717, 1.165) is 10.1 Å². The van der Waals surface area contributed by atoms with Crippen molar-refractivity contribution in [3.8, 4) is 5.88 Å². The Bertz CT molecular complexity index is 827. The van der Waals surface area contributed by atoms with E-state index in [1.165, 1.54) is 6.21 Å². The summed E-state index contributed by atoms with van der Waals surface area (Å²) < 4.78 is 1.14. The van der Waals surface area contributed by atoms with E-state index in [4.69, 9.17) is 0 Å². The summed E-state index contributed by atoms with van der Waals surface area (Å²) in [6.45, 7) is 7.18. The minimum absolute atomic E-state index is 0.0256. The summed E-state index contributed by atoms with van der Waals surface area (Å²) in [6, 6.07) is 9.42. The van der Waals surface area contributed by atoms with E-state index in [1.807, 2.05) is 37.3 Å². The Labute approximate surface area is 134 Å². The molecule has 0 aliphatic rings. The predicted octanol–water partition coefficient (Wildman–Crippen LogP) is 2.18. The number of aromatic hydroxyl groups is 1. The number of hydrogen-bond acceptors (Lipinski definition) is 4. The topological polar surface area (TPSA) is 87.4 Å². The molecule has 0 spiro atoms. The molecule has 122 valence electrons. The molecule has 2 rings (SSSR count). The van der Waals surface area contributed by atoms with Crippen molar-refractivity contribution < 1.29 is 5.11 Å². The minimum atomic E-state index is -0.668. The number of aromatic amines is 1. The van der Waals surface area contributed by atoms with Gasteiger partial charge in [-0.05, 0) is 33.3 Å². The third kappa shape index (κ3) is 3.59. The average molecular weight is 315 g/mol. The third-order valence-electron chi connectivity index (χ3n) is 3.50. The van der Waals surface area contributed by atoms with Crippen LogP contribution in [0.5, 0.6) is 5.88 Å². The van der Waals surface area contributed by atoms with E-state index in [-0.39, 0.29) is 17.5 Å². The first-order valence-electron chi connectivity index (χ1n) is 7.38. The zero-order valence-electron chi connectivity index (χ0n) is 13.7. The highest BCUT2D eigenvalue weighted by molar-refractivity contribution is 5.82. The molecule has 23 heavy (non-hydrogen) atoms. The van der Waals surface area contributed by atoms with Crippen molar-refractivity contribution in [1.29, 1.82) is 0 Å². The zero-order chi connectivity index (χ0) is 17.2. The minimum Gasteiger partial charge on any atom is -0.494 e. The van der Waals surface area contributed by atoms with Crippen molar-refractivity contribution in [3.63, 3.8) is 0 Å². The van der Waals surface area contributed by atoms with Gasteiger partial charge in [0.25, 0.3) is 5.56 Å². The second-order valence-electron chi connectivity index (χ2n) is 6.37. The number of benzene rings is 1. The number of H-pyrrole nitrogens is 1. The van der Waals surface area contributed by atoms with Crippen molar-refractivity contribution in [2.24, 2.45) is 4.99 Å². The number of rotatable bonds is 3. The smallest absolute Gasteiger partial charge is 0.331 e. The lowest BCUT2D eigenvalue weighted by Gasteiger charge is -2.23. The van der Waals surface area contributed by atoms with Gasteiger partial charge in [-0.1, -0.05) is 30.3 Å². The van der Waals surface area contributed by atoms with Gasteiger partial charge in [0.15, 0.2) is 0 Å². The molecule has 2 aromatic rings. The van der Waals surface area contributed by atoms with Crippen LogP contribution in [0.3, 0.4) is 0 Å². The lowest BCUT2D eigenvalue weighted by atomic mass is 10.1. The Morgan fingerprint density at radius 2 is 1.83 bits per heavy atom. The summed E-state index contributed by atoms with van der Waals surface area (Å²) in [5.41, 5.74) is -1.00. The van der Waals surface area contributed by atoms with Gasteiger partial charge in [0.05, 0.1) is 6.04 Å². The summed E-state index contributed by atoms with van der Waals surface area (Å²) in [7, 11) is 0. The van der Waals surface area contributed by atoms with Crippen molar-refractivity contribution in [2.75, 3.05) is 0 Å². The SMILES string of the molecule is C[C@H](N=Cc1c(O)n(C(C)(C)C)c(=O)[nH]c1=O)c1ccccc1. The molecule has 1 atom stereocenters. The highest BCUT2D eigenvalue weighted by Crippen LogP contribution is 2.20. The Hall–Kier alpha value is -2.63. The Morgan fingerprint density at radius 1 is 1.22 bits per heavy atom. The molecule has 0 unspecified atom stereocenters. The largest absolute Gasteiger partial charge is 0.494 e. The van der Waals surface area contributed by atoms with Crippen LogP contribution in [-0.4, -0.2) is 20.9 Å². The highest BCUT2D eigenvalue weighted by atomic mass is 16.3. The van der Waals surface area contributed by atoms with Crippen LogP contribution in [0.15, 0.2) is 44.9 Å². The molecule has 2 N–H and O–H groups in total. The van der Waals surface area contributed by atoms with Crippen molar-refractivity contribution in [2.45, 2.75) is 39.3 Å². The van der Waals surface area contributed by atoms with E-state index >= 15 is 0 Å². The van der Waals surface area contributed by atoms with Gasteiger partial charge in [-0.3, -0.25) is 19.3 Å². The Kier molecular flexibility index (Phi) is 4.54. The summed E-state index contributed by atoms with van der Waals surface area (Å²) >= 11 is 0. The molecule has 0 aliphatic carbocycles. The summed E-state index contributed by atoms with van der Waals surface area (Å²) in [6.07, 6.45) is 1.31. The molecule has 0 saturated carbocycles. The molecular weight excluding hydrogens is 294 g/mol. The van der Waals surface area contributed by atoms with Crippen molar-refractivity contribution >= 4 is 6.21 Å². The van der Waals surface area contributed by atoms with Crippen LogP contribution in [0.1, 0.15) is 44.9 Å². The fourth-order valence-electron chi connectivity index (χ4n) is 2.28. The van der Waals surface area contributed by atoms with Crippen LogP contribution in [0.4, 0.5) is 0 Å². The fourth-order valence-corrected chi connectivity index (χ4v) is 2.28. The second-order valence-corrected chi connectivity index (χ2v) is 6.37. The molecule has 1 heterocycles. The first kappa shape index (κ1) is 16.7. The van der Waals surface area contributed by atoms with E-state index in [2.05, 4.69) is 9.98 Å². The number of hydrogen-bond donors (Lipinski definition) is 2. The van der Waals surface area contributed by atoms with Gasteiger partial charge in [0, 0.05) is 11.8 Å². The number of nitrogens with one attached hydrogen (secondary N) is 1. The molecular formula is C17H21N3O3. The predicted molar refractivity (Wildman–Crippen MR) is 90.4 cm³/mol. The zero-order valence-corrected chi connectivity index (χ0v) is 13.7. The second kappa shape index (κ2) is 6.24. The average Bonchev–Trinajstić information content (AvgIpc) is 2.45. The Balaban J connectivity index is 2.47. The monoisotopic (exact) mass is 315 g/mol. The van der Waals surface area contributed by atoms with Crippen LogP contribution < -0.4 is 11.2 Å². The van der Waals surface area contributed by atoms with Crippen LogP contribution >= 0.6 is 0 Å². The van der Waals surface area contributed by atoms with Crippen molar-refractivity contribution in [1.82, 2.24) is 9.55 Å². The van der Waals surface area contributed by atoms with Crippen molar-refractivity contribution in [3.05, 3.63) is 62.3 Å². The summed E-state index contributed by atoms with van der Waals surface area (Å²) in [5, 5.41) is 10.3. The molecule has 0 bridgehead atoms. The quantitative estimate of drug-likeness (QED) is 0.851. The van der Waals surface area contributed by atoms with Crippen LogP contribution in [0, 0.1) is 0 Å². The first-order valence-corrected chi connectivity index (χ1v) is 7.38. The van der Waals surface area contributed by atoms with Gasteiger partial charge < -0.3 is 5.11 Å². The van der Waals surface area contributed by atoms with Gasteiger partial charge in [0.2, 0.25) is 5.88 Å². The van der Waals surface area contributed by atoms with Crippen LogP contribution in [-0.2, 0) is 5.54 Å². The summed E-state index contributed by atoms with van der Waals surface area (Å²) in [5.74, 6) is -0.379. The molecule has 1 aromatic heterocycles. The molecule has 0 amide bonds. The van der Waals surface area contributed by atoms with E-state index in [9.17, 15) is 14.7 Å². The first-order chi connectivity index (χ1) is 10.7. The van der Waals surface area contributed by atoms with E-state index < -0.39 is 16.8 Å². The molecule has 6 nitrogen and oxygen atoms in total. The van der Waals surface area contributed by atoms with Gasteiger partial charge in [-0.25, -0.2) is 4.79 Å². The number of aliphatic imine (C=N–C) groups is 1. The molecule has 0 radical (unpaired) electrons. The fraction of sp³-hybridized carbons (Fsp3) is 0.353. The van der Waals surface area contributed by atoms with Gasteiger partial charge >= 0.3 is 5.69 Å². The highest BCUT2D eigenvalue weighted by Gasteiger charge is 2.22. The number of aromatic nitrogens is 2. The standard InChI is InChI=1S/C17H21N3O3/c1-11(12-8-6-5-7-9-12)18-10-13-14(21)19-16(23)20(15(13)22)17(2,3)4/h5-11,22H,1-4H3,(H,19,21,23)/t11-/m0/s1. The lowest BCUT2D eigenvalue weighted by molar-refractivity contribution is 0.305. The normalized spacial score (nSPS) is 13.4. The van der Waals surface area contributed by atoms with Crippen LogP contribution in [0.2, 0.25) is 0 Å². The molecule has 0 aliphatic heterocycles. The lowest BCUT2D eigenvalue weighted by Crippen LogP contribution is -2.40. The third-order valence-corrected chi connectivity index (χ3v) is 3.50. The summed E-state index contributed by atoms with van der Waals surface area (Å²) in [4.78, 5) is 30.4. The maximum Gasteiger partial charge on any atom is 0.331 e. The molecule has 1 aromatic carbocycles. The van der Waals surface area contributed by atoms with Gasteiger partial charge in [-0.15, -0.1) is 0 Å². The van der Waals surface area contributed by atoms with E-state index in [0.29, 0.717) is 0 Å². The Morgan fingerprint density at radius 3 is 2.39 bits per heavy atom. The maximum absolute atomic E-state index is 12.0. The van der Waals surface area contributed by atoms with Gasteiger partial charge in [-0.2, -0.15) is 0 Å². The van der Waals surface area contributed by atoms with Gasteiger partial charge in [0.1, 0.15) is 5.56 Å². The van der Waals surface area contributed by atoms with Crippen LogP contribution in [0.25, 0.3) is 0 Å². The molecule has 0 saturated heterocycles.